The molecule has 0 radical (unpaired) electrons. The Hall–Kier alpha value is -1.40. The lowest BCUT2D eigenvalue weighted by atomic mass is 9.80. The van der Waals surface area contributed by atoms with Crippen LogP contribution in [0.2, 0.25) is 0 Å². The van der Waals surface area contributed by atoms with Gasteiger partial charge in [0.05, 0.1) is 18.8 Å². The number of halogens is 3. The molecule has 120 valence electrons. The maximum Gasteiger partial charge on any atom is 0.417 e. The van der Waals surface area contributed by atoms with Crippen LogP contribution in [0.3, 0.4) is 0 Å². The minimum atomic E-state index is -4.50. The first kappa shape index (κ1) is 15.5. The van der Waals surface area contributed by atoms with Gasteiger partial charge in [0.25, 0.3) is 0 Å². The number of piperidine rings is 1. The lowest BCUT2D eigenvalue weighted by molar-refractivity contribution is -0.138. The van der Waals surface area contributed by atoms with Crippen molar-refractivity contribution in [3.8, 4) is 0 Å². The van der Waals surface area contributed by atoms with Crippen LogP contribution < -0.4 is 0 Å². The topological polar surface area (TPSA) is 29.5 Å². The van der Waals surface area contributed by atoms with Crippen LogP contribution in [-0.2, 0) is 10.9 Å². The van der Waals surface area contributed by atoms with Crippen molar-refractivity contribution in [3.63, 3.8) is 0 Å². The Morgan fingerprint density at radius 3 is 2.36 bits per heavy atom. The van der Waals surface area contributed by atoms with Crippen molar-refractivity contribution in [1.82, 2.24) is 4.90 Å². The van der Waals surface area contributed by atoms with E-state index in [-0.39, 0.29) is 23.6 Å². The molecule has 3 nitrogen and oxygen atoms in total. The molecule has 22 heavy (non-hydrogen) atoms. The number of nitrogens with zero attached hydrogens (tertiary/aromatic N) is 1. The number of Topliss-reactive ketones (excluding diaryl/α,β-unsaturated/α-hetero) is 1. The maximum atomic E-state index is 13.1. The average Bonchev–Trinajstić information content (AvgIpc) is 2.45. The molecular formula is C16H18F3NO2. The summed E-state index contributed by atoms with van der Waals surface area (Å²) in [5.74, 6) is -0.753. The van der Waals surface area contributed by atoms with E-state index in [1.807, 2.05) is 7.05 Å². The second-order valence-electron chi connectivity index (χ2n) is 6.09. The van der Waals surface area contributed by atoms with Gasteiger partial charge in [-0.3, -0.25) is 9.69 Å². The zero-order valence-electron chi connectivity index (χ0n) is 12.3. The third-order valence-corrected chi connectivity index (χ3v) is 4.75. The van der Waals surface area contributed by atoms with Crippen molar-refractivity contribution < 1.29 is 22.7 Å². The molecule has 2 saturated heterocycles. The van der Waals surface area contributed by atoms with Gasteiger partial charge in [0.15, 0.2) is 5.78 Å². The van der Waals surface area contributed by atoms with Gasteiger partial charge < -0.3 is 4.74 Å². The summed E-state index contributed by atoms with van der Waals surface area (Å²) in [5.41, 5.74) is -1.04. The largest absolute Gasteiger partial charge is 0.417 e. The number of carbonyl (C=O) groups is 1. The van der Waals surface area contributed by atoms with Gasteiger partial charge in [-0.15, -0.1) is 0 Å². The third-order valence-electron chi connectivity index (χ3n) is 4.75. The van der Waals surface area contributed by atoms with E-state index in [2.05, 4.69) is 4.90 Å². The summed E-state index contributed by atoms with van der Waals surface area (Å²) < 4.78 is 44.8. The molecule has 0 amide bonds. The van der Waals surface area contributed by atoms with Gasteiger partial charge in [-0.1, -0.05) is 18.2 Å². The molecule has 3 rings (SSSR count). The number of morpholine rings is 1. The van der Waals surface area contributed by atoms with E-state index in [4.69, 9.17) is 4.74 Å². The lowest BCUT2D eigenvalue weighted by Crippen LogP contribution is -2.55. The first-order chi connectivity index (χ1) is 10.4. The Labute approximate surface area is 127 Å². The van der Waals surface area contributed by atoms with Crippen LogP contribution in [0.15, 0.2) is 24.3 Å². The van der Waals surface area contributed by atoms with E-state index < -0.39 is 17.5 Å². The summed E-state index contributed by atoms with van der Waals surface area (Å²) in [5, 5.41) is 0. The van der Waals surface area contributed by atoms with Crippen LogP contribution in [0.5, 0.6) is 0 Å². The molecular weight excluding hydrogens is 295 g/mol. The maximum absolute atomic E-state index is 13.1. The molecule has 2 aliphatic rings. The zero-order valence-corrected chi connectivity index (χ0v) is 12.3. The molecule has 2 aliphatic heterocycles. The fraction of sp³-hybridized carbons (Fsp3) is 0.562. The van der Waals surface area contributed by atoms with Gasteiger partial charge in [-0.25, -0.2) is 0 Å². The molecule has 1 aromatic carbocycles. The van der Waals surface area contributed by atoms with Crippen LogP contribution in [0.25, 0.3) is 0 Å². The predicted octanol–water partition coefficient (Wildman–Crippen LogP) is 3.00. The third kappa shape index (κ3) is 2.77. The summed E-state index contributed by atoms with van der Waals surface area (Å²) in [6.45, 7) is 1.08. The number of hydrogen-bond donors (Lipinski definition) is 0. The fourth-order valence-corrected chi connectivity index (χ4v) is 3.47. The minimum Gasteiger partial charge on any atom is -0.378 e. The Kier molecular flexibility index (Phi) is 3.99. The van der Waals surface area contributed by atoms with E-state index >= 15 is 0 Å². The summed E-state index contributed by atoms with van der Waals surface area (Å²) in [4.78, 5) is 14.8. The number of rotatable bonds is 2. The Balaban J connectivity index is 1.86. The number of likely N-dealkylation sites (N-methyl/N-ethyl adjacent to an activating group) is 1. The summed E-state index contributed by atoms with van der Waals surface area (Å²) in [7, 11) is 1.99. The van der Waals surface area contributed by atoms with Crippen molar-refractivity contribution in [3.05, 3.63) is 35.4 Å². The van der Waals surface area contributed by atoms with E-state index in [1.165, 1.54) is 18.2 Å². The van der Waals surface area contributed by atoms with Crippen molar-refractivity contribution in [2.24, 2.45) is 5.92 Å². The van der Waals surface area contributed by atoms with Crippen molar-refractivity contribution >= 4 is 5.78 Å². The van der Waals surface area contributed by atoms with Gasteiger partial charge in [0, 0.05) is 23.6 Å². The summed E-state index contributed by atoms with van der Waals surface area (Å²) >= 11 is 0. The second kappa shape index (κ2) is 5.66. The molecule has 0 aromatic heterocycles. The van der Waals surface area contributed by atoms with Crippen LogP contribution in [0.4, 0.5) is 13.2 Å². The lowest BCUT2D eigenvalue weighted by Gasteiger charge is -2.46. The van der Waals surface area contributed by atoms with Crippen LogP contribution in [0.1, 0.15) is 28.8 Å². The number of carbonyl (C=O) groups excluding carboxylic acids is 1. The van der Waals surface area contributed by atoms with Crippen molar-refractivity contribution in [1.29, 1.82) is 0 Å². The minimum absolute atomic E-state index is 0.111. The quantitative estimate of drug-likeness (QED) is 0.786. The molecule has 2 heterocycles. The number of ether oxygens (including phenoxy) is 1. The average molecular weight is 313 g/mol. The molecule has 2 unspecified atom stereocenters. The van der Waals surface area contributed by atoms with E-state index in [0.717, 1.165) is 6.07 Å². The number of ketones is 1. The number of alkyl halides is 3. The van der Waals surface area contributed by atoms with Gasteiger partial charge in [0.1, 0.15) is 0 Å². The standard InChI is InChI=1S/C16H18F3NO2/c1-20-11-6-10(7-12(20)9-22-8-11)15(21)13-4-2-3-5-14(13)16(17,18)19/h2-5,10-12H,6-9H2,1H3. The number of fused-ring (bicyclic) bond motifs is 2. The van der Waals surface area contributed by atoms with E-state index in [9.17, 15) is 18.0 Å². The smallest absolute Gasteiger partial charge is 0.378 e. The summed E-state index contributed by atoms with van der Waals surface area (Å²) in [6.07, 6.45) is -3.40. The van der Waals surface area contributed by atoms with Crippen molar-refractivity contribution in [2.75, 3.05) is 20.3 Å². The number of benzene rings is 1. The Bertz CT molecular complexity index is 559. The molecule has 2 bridgehead atoms. The Morgan fingerprint density at radius 2 is 1.77 bits per heavy atom. The molecule has 0 N–H and O–H groups in total. The molecule has 0 spiro atoms. The molecule has 1 aromatic rings. The highest BCUT2D eigenvalue weighted by molar-refractivity contribution is 5.99. The zero-order chi connectivity index (χ0) is 15.9. The van der Waals surface area contributed by atoms with Crippen LogP contribution in [0, 0.1) is 5.92 Å². The van der Waals surface area contributed by atoms with Crippen LogP contribution >= 0.6 is 0 Å². The van der Waals surface area contributed by atoms with E-state index in [1.54, 1.807) is 0 Å². The highest BCUT2D eigenvalue weighted by Gasteiger charge is 2.42. The van der Waals surface area contributed by atoms with Gasteiger partial charge in [0.2, 0.25) is 0 Å². The molecule has 2 fully saturated rings. The van der Waals surface area contributed by atoms with Crippen molar-refractivity contribution in [2.45, 2.75) is 31.1 Å². The summed E-state index contributed by atoms with van der Waals surface area (Å²) in [6, 6.07) is 5.29. The molecule has 0 saturated carbocycles. The monoisotopic (exact) mass is 313 g/mol. The second-order valence-corrected chi connectivity index (χ2v) is 6.09. The molecule has 0 aliphatic carbocycles. The van der Waals surface area contributed by atoms with Gasteiger partial charge in [-0.2, -0.15) is 13.2 Å². The van der Waals surface area contributed by atoms with Gasteiger partial charge in [-0.05, 0) is 26.0 Å². The number of hydrogen-bond acceptors (Lipinski definition) is 3. The fourth-order valence-electron chi connectivity index (χ4n) is 3.47. The van der Waals surface area contributed by atoms with E-state index in [0.29, 0.717) is 26.1 Å². The van der Waals surface area contributed by atoms with Gasteiger partial charge >= 0.3 is 6.18 Å². The first-order valence-corrected chi connectivity index (χ1v) is 7.38. The first-order valence-electron chi connectivity index (χ1n) is 7.38. The highest BCUT2D eigenvalue weighted by Crippen LogP contribution is 2.36. The molecule has 2 atom stereocenters. The molecule has 6 heteroatoms. The highest BCUT2D eigenvalue weighted by atomic mass is 19.4. The SMILES string of the molecule is CN1C2COCC1CC(C(=O)c1ccccc1C(F)(F)F)C2. The predicted molar refractivity (Wildman–Crippen MR) is 74.7 cm³/mol. The normalized spacial score (nSPS) is 29.4. The van der Waals surface area contributed by atoms with Crippen LogP contribution in [-0.4, -0.2) is 43.0 Å². The Morgan fingerprint density at radius 1 is 1.18 bits per heavy atom.